The highest BCUT2D eigenvalue weighted by Crippen LogP contribution is 2.24. The molecule has 0 aliphatic rings. The highest BCUT2D eigenvalue weighted by Gasteiger charge is 2.25. The van der Waals surface area contributed by atoms with Crippen molar-refractivity contribution in [1.82, 2.24) is 15.1 Å². The quantitative estimate of drug-likeness (QED) is 0.893. The molecule has 0 saturated carbocycles. The van der Waals surface area contributed by atoms with E-state index in [1.807, 2.05) is 25.6 Å². The molecule has 2 unspecified atom stereocenters. The van der Waals surface area contributed by atoms with Gasteiger partial charge in [0, 0.05) is 30.9 Å². The van der Waals surface area contributed by atoms with Crippen LogP contribution in [0.3, 0.4) is 0 Å². The summed E-state index contributed by atoms with van der Waals surface area (Å²) >= 11 is 0. The third kappa shape index (κ3) is 3.36. The summed E-state index contributed by atoms with van der Waals surface area (Å²) in [7, 11) is 1.92. The van der Waals surface area contributed by atoms with Gasteiger partial charge in [0.05, 0.1) is 11.3 Å². The van der Waals surface area contributed by atoms with Crippen LogP contribution in [0.25, 0.3) is 0 Å². The van der Waals surface area contributed by atoms with Crippen LogP contribution in [0, 0.1) is 19.7 Å². The summed E-state index contributed by atoms with van der Waals surface area (Å²) in [5.41, 5.74) is 2.87. The minimum atomic E-state index is -1.06. The highest BCUT2D eigenvalue weighted by molar-refractivity contribution is 5.28. The summed E-state index contributed by atoms with van der Waals surface area (Å²) in [6.45, 7) is 8.17. The molecular formula is C17H24FN3O. The van der Waals surface area contributed by atoms with Crippen LogP contribution in [0.4, 0.5) is 4.39 Å². The largest absolute Gasteiger partial charge is 0.384 e. The number of nitrogens with zero attached hydrogens (tertiary/aromatic N) is 2. The lowest BCUT2D eigenvalue weighted by molar-refractivity contribution is 0.0542. The van der Waals surface area contributed by atoms with E-state index in [9.17, 15) is 9.50 Å². The Morgan fingerprint density at radius 3 is 2.41 bits per heavy atom. The molecule has 0 aliphatic carbocycles. The smallest absolute Gasteiger partial charge is 0.123 e. The molecule has 0 spiro atoms. The molecule has 2 rings (SSSR count). The Bertz CT molecular complexity index is 647. The number of hydrogen-bond acceptors (Lipinski definition) is 3. The number of aliphatic hydroxyl groups is 1. The van der Waals surface area contributed by atoms with Crippen LogP contribution in [0.15, 0.2) is 24.3 Å². The van der Waals surface area contributed by atoms with Crippen LogP contribution in [-0.4, -0.2) is 21.4 Å². The molecule has 2 aromatic rings. The lowest BCUT2D eigenvalue weighted by Crippen LogP contribution is -2.37. The molecule has 0 aliphatic heterocycles. The molecule has 1 aromatic heterocycles. The minimum Gasteiger partial charge on any atom is -0.384 e. The lowest BCUT2D eigenvalue weighted by Gasteiger charge is -2.27. The zero-order chi connectivity index (χ0) is 16.5. The van der Waals surface area contributed by atoms with Gasteiger partial charge in [0.15, 0.2) is 0 Å². The van der Waals surface area contributed by atoms with Gasteiger partial charge in [-0.25, -0.2) is 4.39 Å². The van der Waals surface area contributed by atoms with E-state index in [4.69, 9.17) is 0 Å². The fraction of sp³-hybridized carbons (Fsp3) is 0.471. The van der Waals surface area contributed by atoms with Crippen molar-refractivity contribution in [2.75, 3.05) is 6.54 Å². The van der Waals surface area contributed by atoms with Crippen molar-refractivity contribution in [3.8, 4) is 0 Å². The van der Waals surface area contributed by atoms with Gasteiger partial charge in [0.1, 0.15) is 5.82 Å². The van der Waals surface area contributed by atoms with Gasteiger partial charge >= 0.3 is 0 Å². The van der Waals surface area contributed by atoms with E-state index in [-0.39, 0.29) is 11.9 Å². The average molecular weight is 305 g/mol. The van der Waals surface area contributed by atoms with Crippen LogP contribution < -0.4 is 5.32 Å². The number of hydrogen-bond donors (Lipinski definition) is 2. The fourth-order valence-corrected chi connectivity index (χ4v) is 2.78. The SMILES string of the molecule is Cc1nn(C)c(C)c1C(C)NCC(C)(O)c1ccc(F)cc1. The first-order valence-corrected chi connectivity index (χ1v) is 7.44. The number of nitrogens with one attached hydrogen (secondary N) is 1. The molecule has 4 nitrogen and oxygen atoms in total. The van der Waals surface area contributed by atoms with Gasteiger partial charge in [0.2, 0.25) is 0 Å². The maximum atomic E-state index is 13.0. The molecular weight excluding hydrogens is 281 g/mol. The van der Waals surface area contributed by atoms with E-state index in [0.29, 0.717) is 12.1 Å². The third-order valence-corrected chi connectivity index (χ3v) is 4.22. The predicted molar refractivity (Wildman–Crippen MR) is 85.1 cm³/mol. The first-order valence-electron chi connectivity index (χ1n) is 7.44. The Balaban J connectivity index is 2.09. The zero-order valence-electron chi connectivity index (χ0n) is 13.8. The molecule has 0 radical (unpaired) electrons. The predicted octanol–water partition coefficient (Wildman–Crippen LogP) is 2.73. The number of aryl methyl sites for hydroxylation is 2. The maximum absolute atomic E-state index is 13.0. The molecule has 0 amide bonds. The van der Waals surface area contributed by atoms with E-state index in [1.54, 1.807) is 19.1 Å². The number of halogens is 1. The first-order chi connectivity index (χ1) is 10.2. The molecule has 0 fully saturated rings. The number of rotatable bonds is 5. The maximum Gasteiger partial charge on any atom is 0.123 e. The second-order valence-corrected chi connectivity index (χ2v) is 6.09. The molecule has 5 heteroatoms. The zero-order valence-corrected chi connectivity index (χ0v) is 13.8. The normalized spacial score (nSPS) is 15.6. The Morgan fingerprint density at radius 1 is 1.32 bits per heavy atom. The van der Waals surface area contributed by atoms with Gasteiger partial charge in [-0.3, -0.25) is 4.68 Å². The van der Waals surface area contributed by atoms with Crippen molar-refractivity contribution in [3.63, 3.8) is 0 Å². The van der Waals surface area contributed by atoms with Crippen molar-refractivity contribution in [3.05, 3.63) is 52.6 Å². The van der Waals surface area contributed by atoms with Gasteiger partial charge in [-0.1, -0.05) is 12.1 Å². The van der Waals surface area contributed by atoms with Crippen LogP contribution in [0.1, 0.15) is 42.4 Å². The summed E-state index contributed by atoms with van der Waals surface area (Å²) < 4.78 is 14.9. The number of aromatic nitrogens is 2. The molecule has 1 aromatic carbocycles. The summed E-state index contributed by atoms with van der Waals surface area (Å²) in [4.78, 5) is 0. The van der Waals surface area contributed by atoms with Crippen LogP contribution in [0.2, 0.25) is 0 Å². The lowest BCUT2D eigenvalue weighted by atomic mass is 9.95. The number of benzene rings is 1. The topological polar surface area (TPSA) is 50.1 Å². The van der Waals surface area contributed by atoms with Crippen molar-refractivity contribution < 1.29 is 9.50 Å². The Morgan fingerprint density at radius 2 is 1.91 bits per heavy atom. The van der Waals surface area contributed by atoms with Crippen molar-refractivity contribution in [2.24, 2.45) is 7.05 Å². The van der Waals surface area contributed by atoms with E-state index in [0.717, 1.165) is 17.0 Å². The molecule has 1 heterocycles. The van der Waals surface area contributed by atoms with E-state index in [1.165, 1.54) is 12.1 Å². The van der Waals surface area contributed by atoms with Gasteiger partial charge in [-0.2, -0.15) is 5.10 Å². The van der Waals surface area contributed by atoms with E-state index < -0.39 is 5.60 Å². The molecule has 2 N–H and O–H groups in total. The highest BCUT2D eigenvalue weighted by atomic mass is 19.1. The summed E-state index contributed by atoms with van der Waals surface area (Å²) in [5.74, 6) is -0.303. The third-order valence-electron chi connectivity index (χ3n) is 4.22. The summed E-state index contributed by atoms with van der Waals surface area (Å²) in [5, 5.41) is 18.4. The molecule has 2 atom stereocenters. The first kappa shape index (κ1) is 16.6. The van der Waals surface area contributed by atoms with E-state index >= 15 is 0 Å². The van der Waals surface area contributed by atoms with Crippen molar-refractivity contribution >= 4 is 0 Å². The van der Waals surface area contributed by atoms with E-state index in [2.05, 4.69) is 17.3 Å². The fourth-order valence-electron chi connectivity index (χ4n) is 2.78. The second kappa shape index (κ2) is 6.18. The van der Waals surface area contributed by atoms with Gasteiger partial charge in [-0.15, -0.1) is 0 Å². The van der Waals surface area contributed by atoms with Crippen LogP contribution in [0.5, 0.6) is 0 Å². The van der Waals surface area contributed by atoms with Gasteiger partial charge in [0.25, 0.3) is 0 Å². The monoisotopic (exact) mass is 305 g/mol. The standard InChI is InChI=1S/C17H24FN3O/c1-11(16-12(2)20-21(5)13(16)3)19-10-17(4,22)14-6-8-15(18)9-7-14/h6-9,11,19,22H,10H2,1-5H3. The Labute approximate surface area is 131 Å². The average Bonchev–Trinajstić information content (AvgIpc) is 2.70. The molecule has 120 valence electrons. The van der Waals surface area contributed by atoms with Gasteiger partial charge < -0.3 is 10.4 Å². The Kier molecular flexibility index (Phi) is 4.68. The molecule has 22 heavy (non-hydrogen) atoms. The van der Waals surface area contributed by atoms with Crippen LogP contribution >= 0.6 is 0 Å². The summed E-state index contributed by atoms with van der Waals surface area (Å²) in [6.07, 6.45) is 0. The van der Waals surface area contributed by atoms with Crippen LogP contribution in [-0.2, 0) is 12.6 Å². The Hall–Kier alpha value is -1.72. The van der Waals surface area contributed by atoms with Crippen molar-refractivity contribution in [1.29, 1.82) is 0 Å². The van der Waals surface area contributed by atoms with Crippen molar-refractivity contribution in [2.45, 2.75) is 39.3 Å². The second-order valence-electron chi connectivity index (χ2n) is 6.09. The minimum absolute atomic E-state index is 0.0700. The van der Waals surface area contributed by atoms with Gasteiger partial charge in [-0.05, 0) is 45.4 Å². The summed E-state index contributed by atoms with van der Waals surface area (Å²) in [6, 6.07) is 6.02. The molecule has 0 saturated heterocycles. The molecule has 0 bridgehead atoms.